The van der Waals surface area contributed by atoms with Crippen molar-refractivity contribution in [1.29, 1.82) is 0 Å². The zero-order valence-electron chi connectivity index (χ0n) is 9.32. The van der Waals surface area contributed by atoms with Crippen molar-refractivity contribution < 1.29 is 19.6 Å². The van der Waals surface area contributed by atoms with Crippen LogP contribution < -0.4 is 11.1 Å². The summed E-state index contributed by atoms with van der Waals surface area (Å²) in [7, 11) is 1.37. The van der Waals surface area contributed by atoms with Crippen LogP contribution in [0.15, 0.2) is 0 Å². The van der Waals surface area contributed by atoms with E-state index in [1.54, 1.807) is 0 Å². The number of rotatable bonds is 9. The molecule has 0 aromatic heterocycles. The number of carbonyl (C=O) groups is 1. The van der Waals surface area contributed by atoms with Crippen molar-refractivity contribution in [2.45, 2.75) is 32.3 Å². The zero-order chi connectivity index (χ0) is 11.5. The Labute approximate surface area is 89.9 Å². The van der Waals surface area contributed by atoms with E-state index >= 15 is 0 Å². The molecule has 6 heteroatoms. The first-order valence-electron chi connectivity index (χ1n) is 5.03. The average molecular weight is 220 g/mol. The fourth-order valence-electron chi connectivity index (χ4n) is 1.00. The van der Waals surface area contributed by atoms with Gasteiger partial charge in [-0.1, -0.05) is 5.04 Å². The van der Waals surface area contributed by atoms with Crippen LogP contribution in [0.25, 0.3) is 0 Å². The molecule has 6 nitrogen and oxygen atoms in total. The maximum atomic E-state index is 11.1. The Kier molecular flexibility index (Phi) is 9.40. The second-order valence-corrected chi connectivity index (χ2v) is 3.17. The van der Waals surface area contributed by atoms with Gasteiger partial charge in [0.25, 0.3) is 0 Å². The number of hydrogen-bond acceptors (Lipinski definition) is 5. The summed E-state index contributed by atoms with van der Waals surface area (Å²) in [5.74, 6) is 0.0142. The minimum Gasteiger partial charge on any atom is -0.355 e. The summed E-state index contributed by atoms with van der Waals surface area (Å²) in [5.41, 5.74) is 5.24. The third kappa shape index (κ3) is 9.61. The highest BCUT2D eigenvalue weighted by molar-refractivity contribution is 5.75. The first kappa shape index (κ1) is 14.3. The topological polar surface area (TPSA) is 82.8 Å². The monoisotopic (exact) mass is 220 g/mol. The highest BCUT2D eigenvalue weighted by Crippen LogP contribution is 2.04. The van der Waals surface area contributed by atoms with E-state index in [2.05, 4.69) is 15.2 Å². The van der Waals surface area contributed by atoms with Crippen molar-refractivity contribution in [3.63, 3.8) is 0 Å². The standard InChI is InChI=1S/C9H20N2O4/c1-8(14-15-13-2)4-3-5-9(12)11-7-6-10/h8H,3-7,10H2,1-2H3,(H,11,12). The quantitative estimate of drug-likeness (QED) is 0.426. The summed E-state index contributed by atoms with van der Waals surface area (Å²) in [6.45, 7) is 2.83. The van der Waals surface area contributed by atoms with Crippen molar-refractivity contribution >= 4 is 5.91 Å². The van der Waals surface area contributed by atoms with Crippen LogP contribution in [0.4, 0.5) is 0 Å². The molecule has 3 N–H and O–H groups in total. The molecule has 0 aliphatic rings. The number of hydrogen-bond donors (Lipinski definition) is 2. The van der Waals surface area contributed by atoms with Gasteiger partial charge in [-0.3, -0.25) is 4.79 Å². The van der Waals surface area contributed by atoms with E-state index in [1.165, 1.54) is 7.11 Å². The molecule has 0 rings (SSSR count). The number of nitrogens with two attached hydrogens (primary N) is 1. The number of amides is 1. The molecule has 0 fully saturated rings. The fourth-order valence-corrected chi connectivity index (χ4v) is 1.00. The molecule has 0 bridgehead atoms. The number of carbonyl (C=O) groups excluding carboxylic acids is 1. The third-order valence-electron chi connectivity index (χ3n) is 1.75. The summed E-state index contributed by atoms with van der Waals surface area (Å²) in [6.07, 6.45) is 1.86. The fraction of sp³-hybridized carbons (Fsp3) is 0.889. The van der Waals surface area contributed by atoms with Gasteiger partial charge in [-0.05, 0) is 19.8 Å². The SMILES string of the molecule is COOOC(C)CCCC(=O)NCCN. The van der Waals surface area contributed by atoms with E-state index in [9.17, 15) is 4.79 Å². The molecule has 90 valence electrons. The smallest absolute Gasteiger partial charge is 0.220 e. The molecular weight excluding hydrogens is 200 g/mol. The first-order chi connectivity index (χ1) is 7.20. The van der Waals surface area contributed by atoms with Crippen LogP contribution >= 0.6 is 0 Å². The lowest BCUT2D eigenvalue weighted by Crippen LogP contribution is -2.28. The van der Waals surface area contributed by atoms with Gasteiger partial charge in [0.15, 0.2) is 0 Å². The van der Waals surface area contributed by atoms with E-state index in [0.29, 0.717) is 19.5 Å². The Morgan fingerprint density at radius 1 is 1.53 bits per heavy atom. The first-order valence-corrected chi connectivity index (χ1v) is 5.03. The van der Waals surface area contributed by atoms with Gasteiger partial charge in [-0.2, -0.15) is 0 Å². The van der Waals surface area contributed by atoms with Gasteiger partial charge in [0, 0.05) is 19.5 Å². The van der Waals surface area contributed by atoms with Gasteiger partial charge in [-0.15, -0.1) is 0 Å². The van der Waals surface area contributed by atoms with Gasteiger partial charge >= 0.3 is 0 Å². The molecule has 0 spiro atoms. The van der Waals surface area contributed by atoms with Crippen LogP contribution in [-0.2, 0) is 19.6 Å². The lowest BCUT2D eigenvalue weighted by atomic mass is 10.1. The average Bonchev–Trinajstić information content (AvgIpc) is 2.23. The van der Waals surface area contributed by atoms with Crippen LogP contribution in [0.5, 0.6) is 0 Å². The summed E-state index contributed by atoms with van der Waals surface area (Å²) >= 11 is 0. The molecule has 0 saturated heterocycles. The van der Waals surface area contributed by atoms with Crippen molar-refractivity contribution in [3.05, 3.63) is 0 Å². The molecule has 0 radical (unpaired) electrons. The second-order valence-electron chi connectivity index (χ2n) is 3.17. The number of nitrogens with one attached hydrogen (secondary N) is 1. The molecule has 0 saturated carbocycles. The molecule has 0 heterocycles. The van der Waals surface area contributed by atoms with E-state index in [-0.39, 0.29) is 12.0 Å². The Morgan fingerprint density at radius 2 is 2.27 bits per heavy atom. The molecule has 0 aromatic rings. The molecule has 1 amide bonds. The molecule has 0 aliphatic heterocycles. The summed E-state index contributed by atoms with van der Waals surface area (Å²) < 4.78 is 0. The van der Waals surface area contributed by atoms with Crippen LogP contribution in [0.3, 0.4) is 0 Å². The Balaban J connectivity index is 3.31. The molecule has 15 heavy (non-hydrogen) atoms. The lowest BCUT2D eigenvalue weighted by molar-refractivity contribution is -0.515. The third-order valence-corrected chi connectivity index (χ3v) is 1.75. The Hall–Kier alpha value is -0.690. The summed E-state index contributed by atoms with van der Waals surface area (Å²) in [5, 5.41) is 6.99. The van der Waals surface area contributed by atoms with Crippen LogP contribution in [0.2, 0.25) is 0 Å². The van der Waals surface area contributed by atoms with Crippen LogP contribution in [-0.4, -0.2) is 32.2 Å². The van der Waals surface area contributed by atoms with Gasteiger partial charge < -0.3 is 11.1 Å². The predicted octanol–water partition coefficient (Wildman–Crippen LogP) is 0.130. The van der Waals surface area contributed by atoms with Crippen molar-refractivity contribution in [2.24, 2.45) is 5.73 Å². The van der Waals surface area contributed by atoms with E-state index < -0.39 is 0 Å². The van der Waals surface area contributed by atoms with Crippen molar-refractivity contribution in [3.8, 4) is 0 Å². The maximum Gasteiger partial charge on any atom is 0.220 e. The summed E-state index contributed by atoms with van der Waals surface area (Å²) in [6, 6.07) is 0. The highest BCUT2D eigenvalue weighted by Gasteiger charge is 2.05. The Morgan fingerprint density at radius 3 is 2.87 bits per heavy atom. The van der Waals surface area contributed by atoms with E-state index in [4.69, 9.17) is 10.6 Å². The van der Waals surface area contributed by atoms with Gasteiger partial charge in [-0.25, -0.2) is 9.78 Å². The van der Waals surface area contributed by atoms with E-state index in [0.717, 1.165) is 12.8 Å². The normalized spacial score (nSPS) is 12.5. The van der Waals surface area contributed by atoms with Gasteiger partial charge in [0.1, 0.15) is 0 Å². The molecule has 1 atom stereocenters. The van der Waals surface area contributed by atoms with Crippen molar-refractivity contribution in [1.82, 2.24) is 5.32 Å². The van der Waals surface area contributed by atoms with Gasteiger partial charge in [0.2, 0.25) is 5.91 Å². The largest absolute Gasteiger partial charge is 0.355 e. The second kappa shape index (κ2) is 9.85. The van der Waals surface area contributed by atoms with Crippen LogP contribution in [0, 0.1) is 0 Å². The lowest BCUT2D eigenvalue weighted by Gasteiger charge is -2.09. The predicted molar refractivity (Wildman–Crippen MR) is 54.6 cm³/mol. The minimum absolute atomic E-state index is 0.0142. The van der Waals surface area contributed by atoms with E-state index in [1.807, 2.05) is 6.92 Å². The Bertz CT molecular complexity index is 166. The maximum absolute atomic E-state index is 11.1. The molecular formula is C9H20N2O4. The van der Waals surface area contributed by atoms with Crippen molar-refractivity contribution in [2.75, 3.05) is 20.2 Å². The van der Waals surface area contributed by atoms with Gasteiger partial charge in [0.05, 0.1) is 13.2 Å². The highest BCUT2D eigenvalue weighted by atomic mass is 17.5. The molecule has 0 aromatic carbocycles. The van der Waals surface area contributed by atoms with Crippen LogP contribution in [0.1, 0.15) is 26.2 Å². The molecule has 0 aliphatic carbocycles. The summed E-state index contributed by atoms with van der Waals surface area (Å²) in [4.78, 5) is 20.2. The zero-order valence-corrected chi connectivity index (χ0v) is 9.32. The minimum atomic E-state index is -0.0905. The molecule has 1 unspecified atom stereocenters.